The number of hydrogen-bond acceptors (Lipinski definition) is 6. The quantitative estimate of drug-likeness (QED) is 0.706. The number of Topliss-reactive ketones (excluding diaryl/α,β-unsaturated/α-hetero) is 1. The van der Waals surface area contributed by atoms with Crippen molar-refractivity contribution in [2.24, 2.45) is 17.1 Å². The van der Waals surface area contributed by atoms with Crippen LogP contribution >= 0.6 is 0 Å². The molecule has 0 bridgehead atoms. The van der Waals surface area contributed by atoms with Crippen molar-refractivity contribution in [1.29, 1.82) is 0 Å². The maximum atomic E-state index is 14.2. The Morgan fingerprint density at radius 2 is 1.85 bits per heavy atom. The molecule has 1 aromatic carbocycles. The van der Waals surface area contributed by atoms with Crippen molar-refractivity contribution >= 4 is 23.3 Å². The Hall–Kier alpha value is -2.45. The number of carbonyl (C=O) groups is 3. The fourth-order valence-corrected chi connectivity index (χ4v) is 5.75. The number of likely N-dealkylation sites (N-methyl/N-ethyl adjacent to an activating group) is 1. The number of amides is 2. The van der Waals surface area contributed by atoms with E-state index in [0.717, 1.165) is 38.3 Å². The number of fused-ring (bicyclic) bond motifs is 1. The van der Waals surface area contributed by atoms with E-state index in [2.05, 4.69) is 23.8 Å². The van der Waals surface area contributed by atoms with Gasteiger partial charge in [-0.15, -0.1) is 0 Å². The number of anilines is 1. The van der Waals surface area contributed by atoms with Gasteiger partial charge in [0, 0.05) is 49.9 Å². The maximum absolute atomic E-state index is 14.2. The van der Waals surface area contributed by atoms with Crippen molar-refractivity contribution in [3.8, 4) is 0 Å². The maximum Gasteiger partial charge on any atom is 0.249 e. The van der Waals surface area contributed by atoms with Crippen molar-refractivity contribution in [2.45, 2.75) is 52.2 Å². The third kappa shape index (κ3) is 4.45. The summed E-state index contributed by atoms with van der Waals surface area (Å²) in [6.45, 7) is 12.3. The first-order chi connectivity index (χ1) is 16.0. The number of primary amides is 1. The zero-order valence-corrected chi connectivity index (χ0v) is 21.0. The lowest BCUT2D eigenvalue weighted by molar-refractivity contribution is -0.139. The van der Waals surface area contributed by atoms with Crippen LogP contribution in [0.3, 0.4) is 0 Å². The van der Waals surface area contributed by atoms with Crippen molar-refractivity contribution in [3.63, 3.8) is 0 Å². The molecule has 1 aromatic rings. The van der Waals surface area contributed by atoms with E-state index in [1.807, 2.05) is 32.9 Å². The van der Waals surface area contributed by atoms with Gasteiger partial charge in [-0.2, -0.15) is 0 Å². The molecule has 0 radical (unpaired) electrons. The minimum atomic E-state index is -0.618. The summed E-state index contributed by atoms with van der Waals surface area (Å²) in [5.41, 5.74) is 7.29. The van der Waals surface area contributed by atoms with Gasteiger partial charge >= 0.3 is 0 Å². The highest BCUT2D eigenvalue weighted by Crippen LogP contribution is 2.43. The Balaban J connectivity index is 1.75. The van der Waals surface area contributed by atoms with Crippen LogP contribution in [-0.4, -0.2) is 85.9 Å². The Morgan fingerprint density at radius 1 is 1.18 bits per heavy atom. The minimum absolute atomic E-state index is 0.0386. The number of ketones is 1. The number of hydrogen-bond donors (Lipinski definition) is 1. The SMILES string of the molecule is CC[C@@H]1CN(C(=O)[C@H](c2cc(N3CCN(C)CC3)ccc2C(N)=O)C(C)(C)C)[C@@H]2C(=O)CO[C@H]12. The summed E-state index contributed by atoms with van der Waals surface area (Å²) in [4.78, 5) is 45.6. The van der Waals surface area contributed by atoms with Crippen LogP contribution in [0.25, 0.3) is 0 Å². The van der Waals surface area contributed by atoms with Crippen molar-refractivity contribution in [2.75, 3.05) is 51.3 Å². The van der Waals surface area contributed by atoms with Gasteiger partial charge in [-0.1, -0.05) is 27.7 Å². The largest absolute Gasteiger partial charge is 0.369 e. The summed E-state index contributed by atoms with van der Waals surface area (Å²) < 4.78 is 5.79. The van der Waals surface area contributed by atoms with Crippen LogP contribution in [0.15, 0.2) is 18.2 Å². The molecule has 0 aromatic heterocycles. The molecule has 8 heteroatoms. The molecule has 4 atom stereocenters. The summed E-state index contributed by atoms with van der Waals surface area (Å²) in [5, 5.41) is 0. The third-order valence-corrected chi connectivity index (χ3v) is 7.69. The molecule has 8 nitrogen and oxygen atoms in total. The average Bonchev–Trinajstić information content (AvgIpc) is 3.33. The summed E-state index contributed by atoms with van der Waals surface area (Å²) in [7, 11) is 2.11. The van der Waals surface area contributed by atoms with Gasteiger partial charge in [0.1, 0.15) is 12.6 Å². The first-order valence-electron chi connectivity index (χ1n) is 12.3. The molecule has 4 rings (SSSR count). The van der Waals surface area contributed by atoms with E-state index in [0.29, 0.717) is 17.7 Å². The van der Waals surface area contributed by atoms with Gasteiger partial charge in [0.25, 0.3) is 0 Å². The van der Waals surface area contributed by atoms with Crippen LogP contribution in [0, 0.1) is 11.3 Å². The summed E-state index contributed by atoms with van der Waals surface area (Å²) in [5.74, 6) is -1.20. The summed E-state index contributed by atoms with van der Waals surface area (Å²) in [6.07, 6.45) is 0.596. The number of nitrogens with two attached hydrogens (primary N) is 1. The highest BCUT2D eigenvalue weighted by Gasteiger charge is 2.53. The number of piperazine rings is 1. The third-order valence-electron chi connectivity index (χ3n) is 7.69. The molecule has 3 aliphatic heterocycles. The minimum Gasteiger partial charge on any atom is -0.369 e. The Bertz CT molecular complexity index is 964. The molecule has 0 saturated carbocycles. The van der Waals surface area contributed by atoms with Gasteiger partial charge in [-0.25, -0.2) is 0 Å². The number of nitrogens with zero attached hydrogens (tertiary/aromatic N) is 3. The second kappa shape index (κ2) is 9.30. The summed E-state index contributed by atoms with van der Waals surface area (Å²) in [6, 6.07) is 5.10. The highest BCUT2D eigenvalue weighted by molar-refractivity contribution is 5.99. The molecule has 0 spiro atoms. The van der Waals surface area contributed by atoms with E-state index in [1.54, 1.807) is 11.0 Å². The molecule has 3 fully saturated rings. The van der Waals surface area contributed by atoms with Crippen LogP contribution in [0.4, 0.5) is 5.69 Å². The lowest BCUT2D eigenvalue weighted by atomic mass is 9.73. The van der Waals surface area contributed by atoms with E-state index in [4.69, 9.17) is 10.5 Å². The van der Waals surface area contributed by atoms with Crippen LogP contribution in [-0.2, 0) is 14.3 Å². The molecule has 34 heavy (non-hydrogen) atoms. The van der Waals surface area contributed by atoms with E-state index < -0.39 is 23.3 Å². The number of likely N-dealkylation sites (tertiary alicyclic amines) is 1. The van der Waals surface area contributed by atoms with Gasteiger partial charge in [0.15, 0.2) is 5.78 Å². The molecule has 3 saturated heterocycles. The van der Waals surface area contributed by atoms with E-state index in [9.17, 15) is 14.4 Å². The standard InChI is InChI=1S/C26H38N4O4/c1-6-16-14-30(22-20(31)15-34-23(16)22)25(33)21(26(2,3)4)19-13-17(7-8-18(19)24(27)32)29-11-9-28(5)10-12-29/h7-8,13,16,21-23H,6,9-12,14-15H2,1-5H3,(H2,27,32)/t16-,21+,22-,23-/m1/s1. The molecule has 2 amide bonds. The number of ether oxygens (including phenoxy) is 1. The Kier molecular flexibility index (Phi) is 6.75. The second-order valence-corrected chi connectivity index (χ2v) is 11.1. The average molecular weight is 471 g/mol. The first-order valence-corrected chi connectivity index (χ1v) is 12.3. The fourth-order valence-electron chi connectivity index (χ4n) is 5.75. The van der Waals surface area contributed by atoms with Crippen molar-refractivity contribution in [3.05, 3.63) is 29.3 Å². The van der Waals surface area contributed by atoms with Crippen LogP contribution in [0.2, 0.25) is 0 Å². The fraction of sp³-hybridized carbons (Fsp3) is 0.654. The monoisotopic (exact) mass is 470 g/mol. The predicted molar refractivity (Wildman–Crippen MR) is 131 cm³/mol. The molecule has 186 valence electrons. The smallest absolute Gasteiger partial charge is 0.249 e. The molecular formula is C26H38N4O4. The van der Waals surface area contributed by atoms with Gasteiger partial charge < -0.3 is 25.2 Å². The summed E-state index contributed by atoms with van der Waals surface area (Å²) >= 11 is 0. The predicted octanol–water partition coefficient (Wildman–Crippen LogP) is 1.87. The second-order valence-electron chi connectivity index (χ2n) is 11.1. The van der Waals surface area contributed by atoms with E-state index >= 15 is 0 Å². The molecule has 2 N–H and O–H groups in total. The van der Waals surface area contributed by atoms with Crippen LogP contribution < -0.4 is 10.6 Å². The van der Waals surface area contributed by atoms with Gasteiger partial charge in [0.05, 0.1) is 12.0 Å². The van der Waals surface area contributed by atoms with Gasteiger partial charge in [-0.3, -0.25) is 14.4 Å². The van der Waals surface area contributed by atoms with E-state index in [1.165, 1.54) is 0 Å². The topological polar surface area (TPSA) is 96.2 Å². The lowest BCUT2D eigenvalue weighted by Gasteiger charge is -2.37. The molecule has 3 heterocycles. The molecule has 0 unspecified atom stereocenters. The first kappa shape index (κ1) is 24.7. The van der Waals surface area contributed by atoms with Crippen molar-refractivity contribution < 1.29 is 19.1 Å². The zero-order chi connectivity index (χ0) is 24.8. The van der Waals surface area contributed by atoms with Crippen LogP contribution in [0.5, 0.6) is 0 Å². The molecular weight excluding hydrogens is 432 g/mol. The Labute approximate surface area is 202 Å². The Morgan fingerprint density at radius 3 is 2.44 bits per heavy atom. The normalized spacial score (nSPS) is 26.6. The number of rotatable bonds is 5. The molecule has 0 aliphatic carbocycles. The highest BCUT2D eigenvalue weighted by atomic mass is 16.5. The lowest BCUT2D eigenvalue weighted by Crippen LogP contribution is -2.47. The number of carbonyl (C=O) groups excluding carboxylic acids is 3. The van der Waals surface area contributed by atoms with E-state index in [-0.39, 0.29) is 30.3 Å². The number of benzene rings is 1. The van der Waals surface area contributed by atoms with Gasteiger partial charge in [0.2, 0.25) is 11.8 Å². The van der Waals surface area contributed by atoms with Crippen molar-refractivity contribution in [1.82, 2.24) is 9.80 Å². The zero-order valence-electron chi connectivity index (χ0n) is 21.0. The molecule has 3 aliphatic rings. The van der Waals surface area contributed by atoms with Crippen LogP contribution in [0.1, 0.15) is 56.0 Å². The van der Waals surface area contributed by atoms with Gasteiger partial charge in [-0.05, 0) is 42.6 Å².